The van der Waals surface area contributed by atoms with Crippen molar-refractivity contribution in [2.75, 3.05) is 17.6 Å². The smallest absolute Gasteiger partial charge is 0.251 e. The standard InChI is InChI=1S/C21H21N3O2/c1-2-23-21(25)15-8-13-20(19(22)14-15)24-16-9-11-18(12-10-16)26-17-6-4-3-5-7-17/h3-14,24H,2,22H2,1H3,(H,23,25). The number of rotatable bonds is 6. The van der Waals surface area contributed by atoms with Crippen LogP contribution in [0.2, 0.25) is 0 Å². The molecule has 132 valence electrons. The first-order chi connectivity index (χ1) is 12.7. The van der Waals surface area contributed by atoms with Crippen LogP contribution < -0.4 is 21.1 Å². The van der Waals surface area contributed by atoms with Gasteiger partial charge in [-0.15, -0.1) is 0 Å². The van der Waals surface area contributed by atoms with Crippen LogP contribution in [0.3, 0.4) is 0 Å². The van der Waals surface area contributed by atoms with Gasteiger partial charge < -0.3 is 21.1 Å². The largest absolute Gasteiger partial charge is 0.457 e. The Morgan fingerprint density at radius 2 is 1.65 bits per heavy atom. The van der Waals surface area contributed by atoms with Crippen LogP contribution in [-0.4, -0.2) is 12.5 Å². The third-order valence-corrected chi connectivity index (χ3v) is 3.76. The van der Waals surface area contributed by atoms with Crippen molar-refractivity contribution < 1.29 is 9.53 Å². The molecule has 4 N–H and O–H groups in total. The van der Waals surface area contributed by atoms with E-state index in [9.17, 15) is 4.79 Å². The Kier molecular flexibility index (Phi) is 5.39. The Labute approximate surface area is 152 Å². The van der Waals surface area contributed by atoms with Crippen LogP contribution in [0.25, 0.3) is 0 Å². The molecule has 0 saturated carbocycles. The molecule has 0 radical (unpaired) electrons. The number of nitrogen functional groups attached to an aromatic ring is 1. The van der Waals surface area contributed by atoms with E-state index in [4.69, 9.17) is 10.5 Å². The number of ether oxygens (including phenoxy) is 1. The first-order valence-electron chi connectivity index (χ1n) is 8.43. The predicted octanol–water partition coefficient (Wildman–Crippen LogP) is 4.55. The summed E-state index contributed by atoms with van der Waals surface area (Å²) in [5.74, 6) is 1.41. The molecule has 5 heteroatoms. The van der Waals surface area contributed by atoms with Gasteiger partial charge in [-0.25, -0.2) is 0 Å². The van der Waals surface area contributed by atoms with Crippen LogP contribution in [0.5, 0.6) is 11.5 Å². The Balaban J connectivity index is 1.68. The molecule has 26 heavy (non-hydrogen) atoms. The fraction of sp³-hybridized carbons (Fsp3) is 0.0952. The normalized spacial score (nSPS) is 10.2. The quantitative estimate of drug-likeness (QED) is 0.572. The summed E-state index contributed by atoms with van der Waals surface area (Å²) in [6.07, 6.45) is 0. The minimum absolute atomic E-state index is 0.131. The fourth-order valence-electron chi connectivity index (χ4n) is 2.47. The number of anilines is 3. The van der Waals surface area contributed by atoms with Gasteiger partial charge in [0.15, 0.2) is 0 Å². The van der Waals surface area contributed by atoms with Crippen LogP contribution in [0.1, 0.15) is 17.3 Å². The summed E-state index contributed by atoms with van der Waals surface area (Å²) in [4.78, 5) is 11.9. The van der Waals surface area contributed by atoms with E-state index in [0.717, 1.165) is 22.9 Å². The summed E-state index contributed by atoms with van der Waals surface area (Å²) in [6.45, 7) is 2.46. The summed E-state index contributed by atoms with van der Waals surface area (Å²) < 4.78 is 5.78. The Bertz CT molecular complexity index is 878. The van der Waals surface area contributed by atoms with Gasteiger partial charge in [-0.1, -0.05) is 18.2 Å². The van der Waals surface area contributed by atoms with E-state index in [2.05, 4.69) is 10.6 Å². The number of carbonyl (C=O) groups is 1. The van der Waals surface area contributed by atoms with Crippen molar-refractivity contribution in [2.24, 2.45) is 0 Å². The van der Waals surface area contributed by atoms with Crippen LogP contribution in [0.15, 0.2) is 72.8 Å². The van der Waals surface area contributed by atoms with Crippen molar-refractivity contribution in [3.63, 3.8) is 0 Å². The Morgan fingerprint density at radius 1 is 0.962 bits per heavy atom. The van der Waals surface area contributed by atoms with Crippen molar-refractivity contribution in [2.45, 2.75) is 6.92 Å². The van der Waals surface area contributed by atoms with Gasteiger partial charge in [0.25, 0.3) is 5.91 Å². The molecule has 3 aromatic carbocycles. The average molecular weight is 347 g/mol. The zero-order valence-corrected chi connectivity index (χ0v) is 14.5. The summed E-state index contributed by atoms with van der Waals surface area (Å²) >= 11 is 0. The van der Waals surface area contributed by atoms with Crippen molar-refractivity contribution >= 4 is 23.0 Å². The molecule has 0 spiro atoms. The molecule has 0 fully saturated rings. The molecular weight excluding hydrogens is 326 g/mol. The van der Waals surface area contributed by atoms with Crippen molar-refractivity contribution in [1.29, 1.82) is 0 Å². The van der Waals surface area contributed by atoms with E-state index in [1.54, 1.807) is 18.2 Å². The number of benzene rings is 3. The summed E-state index contributed by atoms with van der Waals surface area (Å²) in [6, 6.07) is 22.4. The lowest BCUT2D eigenvalue weighted by atomic mass is 10.1. The van der Waals surface area contributed by atoms with Crippen molar-refractivity contribution in [3.8, 4) is 11.5 Å². The van der Waals surface area contributed by atoms with E-state index < -0.39 is 0 Å². The highest BCUT2D eigenvalue weighted by Crippen LogP contribution is 2.27. The van der Waals surface area contributed by atoms with Crippen molar-refractivity contribution in [1.82, 2.24) is 5.32 Å². The lowest BCUT2D eigenvalue weighted by Gasteiger charge is -2.12. The van der Waals surface area contributed by atoms with Crippen LogP contribution in [-0.2, 0) is 0 Å². The minimum atomic E-state index is -0.131. The second-order valence-electron chi connectivity index (χ2n) is 5.73. The Hall–Kier alpha value is -3.47. The molecule has 0 atom stereocenters. The molecule has 5 nitrogen and oxygen atoms in total. The number of para-hydroxylation sites is 1. The molecule has 0 unspecified atom stereocenters. The molecule has 0 aliphatic heterocycles. The number of hydrogen-bond acceptors (Lipinski definition) is 4. The van der Waals surface area contributed by atoms with Crippen LogP contribution >= 0.6 is 0 Å². The van der Waals surface area contributed by atoms with Gasteiger partial charge in [-0.2, -0.15) is 0 Å². The zero-order chi connectivity index (χ0) is 18.4. The number of carbonyl (C=O) groups excluding carboxylic acids is 1. The molecule has 3 rings (SSSR count). The van der Waals surface area contributed by atoms with Gasteiger partial charge in [0, 0.05) is 17.8 Å². The maximum Gasteiger partial charge on any atom is 0.251 e. The fourth-order valence-corrected chi connectivity index (χ4v) is 2.47. The third-order valence-electron chi connectivity index (χ3n) is 3.76. The maximum atomic E-state index is 11.9. The molecule has 1 amide bonds. The highest BCUT2D eigenvalue weighted by molar-refractivity contribution is 5.96. The summed E-state index contributed by atoms with van der Waals surface area (Å²) in [5.41, 5.74) is 8.75. The first-order valence-corrected chi connectivity index (χ1v) is 8.43. The molecule has 0 aromatic heterocycles. The van der Waals surface area contributed by atoms with E-state index in [1.807, 2.05) is 61.5 Å². The van der Waals surface area contributed by atoms with Crippen LogP contribution in [0, 0.1) is 0 Å². The van der Waals surface area contributed by atoms with Gasteiger partial charge >= 0.3 is 0 Å². The average Bonchev–Trinajstić information content (AvgIpc) is 2.66. The molecule has 3 aromatic rings. The van der Waals surface area contributed by atoms with Gasteiger partial charge in [0.05, 0.1) is 11.4 Å². The molecule has 0 bridgehead atoms. The van der Waals surface area contributed by atoms with E-state index in [-0.39, 0.29) is 5.91 Å². The van der Waals surface area contributed by atoms with Crippen LogP contribution in [0.4, 0.5) is 17.1 Å². The van der Waals surface area contributed by atoms with E-state index in [0.29, 0.717) is 17.8 Å². The Morgan fingerprint density at radius 3 is 2.31 bits per heavy atom. The van der Waals surface area contributed by atoms with E-state index >= 15 is 0 Å². The monoisotopic (exact) mass is 347 g/mol. The number of nitrogens with two attached hydrogens (primary N) is 1. The summed E-state index contributed by atoms with van der Waals surface area (Å²) in [5, 5.41) is 6.00. The maximum absolute atomic E-state index is 11.9. The zero-order valence-electron chi connectivity index (χ0n) is 14.5. The second kappa shape index (κ2) is 8.07. The predicted molar refractivity (Wildman–Crippen MR) is 105 cm³/mol. The number of nitrogens with one attached hydrogen (secondary N) is 2. The minimum Gasteiger partial charge on any atom is -0.457 e. The van der Waals surface area contributed by atoms with Crippen molar-refractivity contribution in [3.05, 3.63) is 78.4 Å². The molecule has 0 aliphatic carbocycles. The lowest BCUT2D eigenvalue weighted by Crippen LogP contribution is -2.22. The molecule has 0 heterocycles. The molecular formula is C21H21N3O2. The van der Waals surface area contributed by atoms with Gasteiger partial charge in [-0.3, -0.25) is 4.79 Å². The third kappa shape index (κ3) is 4.33. The number of amides is 1. The molecule has 0 saturated heterocycles. The SMILES string of the molecule is CCNC(=O)c1ccc(Nc2ccc(Oc3ccccc3)cc2)c(N)c1. The lowest BCUT2D eigenvalue weighted by molar-refractivity contribution is 0.0956. The highest BCUT2D eigenvalue weighted by Gasteiger charge is 2.07. The van der Waals surface area contributed by atoms with Gasteiger partial charge in [-0.05, 0) is 61.5 Å². The number of hydrogen-bond donors (Lipinski definition) is 3. The van der Waals surface area contributed by atoms with E-state index in [1.165, 1.54) is 0 Å². The van der Waals surface area contributed by atoms with Gasteiger partial charge in [0.1, 0.15) is 11.5 Å². The van der Waals surface area contributed by atoms with Gasteiger partial charge in [0.2, 0.25) is 0 Å². The summed E-state index contributed by atoms with van der Waals surface area (Å²) in [7, 11) is 0. The first kappa shape index (κ1) is 17.4. The highest BCUT2D eigenvalue weighted by atomic mass is 16.5. The topological polar surface area (TPSA) is 76.4 Å². The second-order valence-corrected chi connectivity index (χ2v) is 5.73. The molecule has 0 aliphatic rings.